The van der Waals surface area contributed by atoms with Crippen LogP contribution in [-0.4, -0.2) is 11.4 Å². The van der Waals surface area contributed by atoms with Crippen molar-refractivity contribution in [1.82, 2.24) is 5.32 Å². The van der Waals surface area contributed by atoms with Crippen LogP contribution in [0.5, 0.6) is 0 Å². The summed E-state index contributed by atoms with van der Waals surface area (Å²) in [6.45, 7) is 7.85. The van der Waals surface area contributed by atoms with Gasteiger partial charge in [0.15, 0.2) is 0 Å². The molecule has 0 saturated heterocycles. The fourth-order valence-electron chi connectivity index (χ4n) is 1.39. The summed E-state index contributed by atoms with van der Waals surface area (Å²) >= 11 is 0. The second kappa shape index (κ2) is 4.97. The molecule has 0 heterocycles. The first-order chi connectivity index (χ1) is 7.38. The summed E-state index contributed by atoms with van der Waals surface area (Å²) < 4.78 is 0. The van der Waals surface area contributed by atoms with Gasteiger partial charge in [0.2, 0.25) is 5.91 Å². The number of rotatable bonds is 2. The highest BCUT2D eigenvalue weighted by Crippen LogP contribution is 2.12. The molecule has 2 nitrogen and oxygen atoms in total. The summed E-state index contributed by atoms with van der Waals surface area (Å²) in [7, 11) is 0. The second-order valence-electron chi connectivity index (χ2n) is 4.93. The Balaban J connectivity index is 2.75. The lowest BCUT2D eigenvalue weighted by Gasteiger charge is -2.19. The van der Waals surface area contributed by atoms with Crippen LogP contribution in [0, 0.1) is 0 Å². The zero-order valence-corrected chi connectivity index (χ0v) is 10.4. The first-order valence-corrected chi connectivity index (χ1v) is 5.44. The number of allylic oxidation sites excluding steroid dienone is 1. The Kier molecular flexibility index (Phi) is 3.88. The van der Waals surface area contributed by atoms with Crippen LogP contribution in [0.2, 0.25) is 0 Å². The maximum atomic E-state index is 11.7. The van der Waals surface area contributed by atoms with E-state index in [9.17, 15) is 4.79 Å². The Labute approximate surface area is 97.4 Å². The summed E-state index contributed by atoms with van der Waals surface area (Å²) in [5.74, 6) is -0.0474. The van der Waals surface area contributed by atoms with Gasteiger partial charge in [0.1, 0.15) is 0 Å². The van der Waals surface area contributed by atoms with Crippen molar-refractivity contribution < 1.29 is 4.79 Å². The van der Waals surface area contributed by atoms with Crippen molar-refractivity contribution in [3.05, 3.63) is 42.0 Å². The van der Waals surface area contributed by atoms with Crippen molar-refractivity contribution in [3.63, 3.8) is 0 Å². The van der Waals surface area contributed by atoms with Crippen molar-refractivity contribution in [2.45, 2.75) is 33.2 Å². The van der Waals surface area contributed by atoms with Gasteiger partial charge < -0.3 is 5.32 Å². The van der Waals surface area contributed by atoms with Gasteiger partial charge in [0, 0.05) is 11.6 Å². The van der Waals surface area contributed by atoms with Crippen LogP contribution in [0.25, 0.3) is 5.57 Å². The smallest absolute Gasteiger partial charge is 0.244 e. The molecule has 0 aliphatic heterocycles. The van der Waals surface area contributed by atoms with Crippen LogP contribution >= 0.6 is 0 Å². The monoisotopic (exact) mass is 217 g/mol. The summed E-state index contributed by atoms with van der Waals surface area (Å²) in [4.78, 5) is 11.7. The largest absolute Gasteiger partial charge is 0.348 e. The van der Waals surface area contributed by atoms with Crippen LogP contribution in [0.3, 0.4) is 0 Å². The summed E-state index contributed by atoms with van der Waals surface area (Å²) in [6.07, 6.45) is 1.64. The van der Waals surface area contributed by atoms with Gasteiger partial charge in [-0.15, -0.1) is 0 Å². The Morgan fingerprint density at radius 1 is 1.19 bits per heavy atom. The highest BCUT2D eigenvalue weighted by atomic mass is 16.1. The van der Waals surface area contributed by atoms with E-state index in [0.717, 1.165) is 11.1 Å². The van der Waals surface area contributed by atoms with E-state index in [1.807, 2.05) is 58.0 Å². The molecular weight excluding hydrogens is 198 g/mol. The van der Waals surface area contributed by atoms with Crippen LogP contribution in [-0.2, 0) is 4.79 Å². The zero-order valence-electron chi connectivity index (χ0n) is 10.4. The van der Waals surface area contributed by atoms with Gasteiger partial charge in [-0.2, -0.15) is 0 Å². The molecule has 0 radical (unpaired) electrons. The molecule has 1 aromatic rings. The quantitative estimate of drug-likeness (QED) is 0.758. The predicted molar refractivity (Wildman–Crippen MR) is 68.0 cm³/mol. The van der Waals surface area contributed by atoms with E-state index in [1.165, 1.54) is 0 Å². The van der Waals surface area contributed by atoms with E-state index in [1.54, 1.807) is 6.08 Å². The average molecular weight is 217 g/mol. The molecule has 16 heavy (non-hydrogen) atoms. The molecule has 0 fully saturated rings. The molecule has 0 saturated carbocycles. The molecule has 1 rings (SSSR count). The summed E-state index contributed by atoms with van der Waals surface area (Å²) in [5.41, 5.74) is 1.86. The van der Waals surface area contributed by atoms with Crippen LogP contribution in [0.1, 0.15) is 33.3 Å². The first kappa shape index (κ1) is 12.5. The normalized spacial score (nSPS) is 12.4. The van der Waals surface area contributed by atoms with E-state index in [2.05, 4.69) is 5.32 Å². The molecule has 0 bridgehead atoms. The maximum Gasteiger partial charge on any atom is 0.244 e. The fraction of sp³-hybridized carbons (Fsp3) is 0.357. The topological polar surface area (TPSA) is 29.1 Å². The standard InChI is InChI=1S/C14H19NO/c1-11(12-8-6-5-7-9-12)10-13(16)15-14(2,3)4/h5-10H,1-4H3,(H,15,16)/b11-10-. The second-order valence-corrected chi connectivity index (χ2v) is 4.93. The Bertz CT molecular complexity index is 385. The minimum absolute atomic E-state index is 0.0474. The molecule has 1 N–H and O–H groups in total. The Morgan fingerprint density at radius 2 is 1.75 bits per heavy atom. The van der Waals surface area contributed by atoms with Crippen LogP contribution < -0.4 is 5.32 Å². The lowest BCUT2D eigenvalue weighted by atomic mass is 10.1. The lowest BCUT2D eigenvalue weighted by molar-refractivity contribution is -0.117. The number of carbonyl (C=O) groups is 1. The zero-order chi connectivity index (χ0) is 12.2. The number of hydrogen-bond acceptors (Lipinski definition) is 1. The van der Waals surface area contributed by atoms with Crippen molar-refractivity contribution in [2.75, 3.05) is 0 Å². The average Bonchev–Trinajstić information content (AvgIpc) is 2.16. The number of amides is 1. The number of benzene rings is 1. The molecule has 2 heteroatoms. The van der Waals surface area contributed by atoms with Crippen molar-refractivity contribution in [3.8, 4) is 0 Å². The van der Waals surface area contributed by atoms with Crippen LogP contribution in [0.4, 0.5) is 0 Å². The van der Waals surface area contributed by atoms with Gasteiger partial charge in [-0.3, -0.25) is 4.79 Å². The molecule has 0 aromatic heterocycles. The highest BCUT2D eigenvalue weighted by Gasteiger charge is 2.11. The van der Waals surface area contributed by atoms with Gasteiger partial charge in [-0.05, 0) is 38.8 Å². The van der Waals surface area contributed by atoms with Gasteiger partial charge in [-0.1, -0.05) is 30.3 Å². The van der Waals surface area contributed by atoms with Gasteiger partial charge >= 0.3 is 0 Å². The fourth-order valence-corrected chi connectivity index (χ4v) is 1.39. The van der Waals surface area contributed by atoms with E-state index < -0.39 is 0 Å². The summed E-state index contributed by atoms with van der Waals surface area (Å²) in [5, 5.41) is 2.90. The van der Waals surface area contributed by atoms with Crippen molar-refractivity contribution in [1.29, 1.82) is 0 Å². The van der Waals surface area contributed by atoms with Gasteiger partial charge in [0.05, 0.1) is 0 Å². The molecule has 0 aliphatic rings. The molecule has 1 amide bonds. The van der Waals surface area contributed by atoms with Crippen molar-refractivity contribution >= 4 is 11.5 Å². The third kappa shape index (κ3) is 4.30. The third-order valence-corrected chi connectivity index (χ3v) is 2.07. The number of hydrogen-bond donors (Lipinski definition) is 1. The molecular formula is C14H19NO. The SMILES string of the molecule is C/C(=C/C(=O)NC(C)(C)C)c1ccccc1. The van der Waals surface area contributed by atoms with E-state index in [-0.39, 0.29) is 11.4 Å². The summed E-state index contributed by atoms with van der Waals surface area (Å²) in [6, 6.07) is 9.89. The number of nitrogens with one attached hydrogen (secondary N) is 1. The minimum atomic E-state index is -0.190. The van der Waals surface area contributed by atoms with E-state index >= 15 is 0 Å². The van der Waals surface area contributed by atoms with E-state index in [4.69, 9.17) is 0 Å². The Morgan fingerprint density at radius 3 is 2.25 bits per heavy atom. The molecule has 0 atom stereocenters. The molecule has 0 aliphatic carbocycles. The van der Waals surface area contributed by atoms with E-state index in [0.29, 0.717) is 0 Å². The third-order valence-electron chi connectivity index (χ3n) is 2.07. The lowest BCUT2D eigenvalue weighted by Crippen LogP contribution is -2.39. The molecule has 0 unspecified atom stereocenters. The number of carbonyl (C=O) groups excluding carboxylic acids is 1. The maximum absolute atomic E-state index is 11.7. The molecule has 86 valence electrons. The van der Waals surface area contributed by atoms with Gasteiger partial charge in [0.25, 0.3) is 0 Å². The molecule has 1 aromatic carbocycles. The first-order valence-electron chi connectivity index (χ1n) is 5.44. The minimum Gasteiger partial charge on any atom is -0.348 e. The highest BCUT2D eigenvalue weighted by molar-refractivity contribution is 5.95. The Hall–Kier alpha value is -1.57. The van der Waals surface area contributed by atoms with Crippen molar-refractivity contribution in [2.24, 2.45) is 0 Å². The van der Waals surface area contributed by atoms with Crippen LogP contribution in [0.15, 0.2) is 36.4 Å². The van der Waals surface area contributed by atoms with Gasteiger partial charge in [-0.25, -0.2) is 0 Å². The molecule has 0 spiro atoms. The predicted octanol–water partition coefficient (Wildman–Crippen LogP) is 3.00.